The fourth-order valence-corrected chi connectivity index (χ4v) is 2.04. The molecule has 0 radical (unpaired) electrons. The molecule has 1 aromatic rings. The molecule has 4 nitrogen and oxygen atoms in total. The standard InChI is InChI=1S/C13H21N3O/c1-8-4-10(3)12(5-9(8)2)17-7-11-6-13(14)16-15-11/h4-5,11,13,15-16H,6-7,14H2,1-3H3. The molecule has 1 aliphatic rings. The summed E-state index contributed by atoms with van der Waals surface area (Å²) in [5, 5.41) is 0. The molecule has 0 aromatic heterocycles. The lowest BCUT2D eigenvalue weighted by Crippen LogP contribution is -2.38. The van der Waals surface area contributed by atoms with Gasteiger partial charge in [-0.3, -0.25) is 0 Å². The molecule has 0 aliphatic carbocycles. The molecule has 1 aromatic carbocycles. The quantitative estimate of drug-likeness (QED) is 0.735. The highest BCUT2D eigenvalue weighted by Crippen LogP contribution is 2.22. The molecular formula is C13H21N3O. The first-order valence-electron chi connectivity index (χ1n) is 6.03. The summed E-state index contributed by atoms with van der Waals surface area (Å²) >= 11 is 0. The number of hydrogen-bond acceptors (Lipinski definition) is 4. The van der Waals surface area contributed by atoms with Crippen LogP contribution in [0, 0.1) is 20.8 Å². The van der Waals surface area contributed by atoms with Crippen LogP contribution in [0.15, 0.2) is 12.1 Å². The SMILES string of the molecule is Cc1cc(C)c(OCC2CC(N)NN2)cc1C. The predicted octanol–water partition coefficient (Wildman–Crippen LogP) is 1.14. The first kappa shape index (κ1) is 12.4. The van der Waals surface area contributed by atoms with Crippen molar-refractivity contribution in [3.8, 4) is 5.75 Å². The van der Waals surface area contributed by atoms with Gasteiger partial charge in [0.05, 0.1) is 12.2 Å². The molecular weight excluding hydrogens is 214 g/mol. The summed E-state index contributed by atoms with van der Waals surface area (Å²) in [6.45, 7) is 6.94. The minimum Gasteiger partial charge on any atom is -0.492 e. The average molecular weight is 235 g/mol. The number of hydrazine groups is 1. The van der Waals surface area contributed by atoms with Gasteiger partial charge in [0.15, 0.2) is 0 Å². The monoisotopic (exact) mass is 235 g/mol. The third-order valence-electron chi connectivity index (χ3n) is 3.24. The second kappa shape index (κ2) is 5.04. The molecule has 0 bridgehead atoms. The number of ether oxygens (including phenoxy) is 1. The lowest BCUT2D eigenvalue weighted by atomic mass is 10.1. The number of benzene rings is 1. The maximum atomic E-state index is 5.85. The van der Waals surface area contributed by atoms with Crippen molar-refractivity contribution in [3.05, 3.63) is 28.8 Å². The predicted molar refractivity (Wildman–Crippen MR) is 68.8 cm³/mol. The fraction of sp³-hybridized carbons (Fsp3) is 0.538. The van der Waals surface area contributed by atoms with E-state index in [2.05, 4.69) is 43.8 Å². The van der Waals surface area contributed by atoms with Gasteiger partial charge in [-0.25, -0.2) is 10.9 Å². The first-order valence-corrected chi connectivity index (χ1v) is 6.03. The summed E-state index contributed by atoms with van der Waals surface area (Å²) in [6.07, 6.45) is 0.925. The second-order valence-corrected chi connectivity index (χ2v) is 4.84. The van der Waals surface area contributed by atoms with Crippen LogP contribution in [0.4, 0.5) is 0 Å². The van der Waals surface area contributed by atoms with Crippen molar-refractivity contribution >= 4 is 0 Å². The molecule has 2 unspecified atom stereocenters. The van der Waals surface area contributed by atoms with Crippen molar-refractivity contribution < 1.29 is 4.74 Å². The molecule has 0 spiro atoms. The second-order valence-electron chi connectivity index (χ2n) is 4.84. The maximum absolute atomic E-state index is 5.85. The Morgan fingerprint density at radius 2 is 1.88 bits per heavy atom. The summed E-state index contributed by atoms with van der Waals surface area (Å²) in [5.41, 5.74) is 15.6. The van der Waals surface area contributed by atoms with E-state index in [1.807, 2.05) is 0 Å². The highest BCUT2D eigenvalue weighted by molar-refractivity contribution is 5.40. The average Bonchev–Trinajstić information content (AvgIpc) is 2.68. The molecule has 1 saturated heterocycles. The normalized spacial score (nSPS) is 24.0. The lowest BCUT2D eigenvalue weighted by Gasteiger charge is -2.14. The van der Waals surface area contributed by atoms with Crippen LogP contribution in [0.1, 0.15) is 23.1 Å². The zero-order chi connectivity index (χ0) is 12.4. The topological polar surface area (TPSA) is 59.3 Å². The Hall–Kier alpha value is -1.10. The molecule has 2 rings (SSSR count). The van der Waals surface area contributed by atoms with Crippen molar-refractivity contribution in [2.75, 3.05) is 6.61 Å². The smallest absolute Gasteiger partial charge is 0.122 e. The van der Waals surface area contributed by atoms with E-state index in [0.717, 1.165) is 12.2 Å². The van der Waals surface area contributed by atoms with Crippen molar-refractivity contribution in [2.45, 2.75) is 39.4 Å². The Kier molecular flexibility index (Phi) is 3.66. The molecule has 4 N–H and O–H groups in total. The van der Waals surface area contributed by atoms with Crippen LogP contribution in [0.3, 0.4) is 0 Å². The van der Waals surface area contributed by atoms with E-state index < -0.39 is 0 Å². The van der Waals surface area contributed by atoms with Crippen LogP contribution < -0.4 is 21.3 Å². The molecule has 4 heteroatoms. The summed E-state index contributed by atoms with van der Waals surface area (Å²) < 4.78 is 5.85. The Bertz CT molecular complexity index is 406. The van der Waals surface area contributed by atoms with Crippen LogP contribution in [0.5, 0.6) is 5.75 Å². The molecule has 2 atom stereocenters. The van der Waals surface area contributed by atoms with Gasteiger partial charge in [0.25, 0.3) is 0 Å². The van der Waals surface area contributed by atoms with Gasteiger partial charge in [0.1, 0.15) is 12.4 Å². The number of rotatable bonds is 3. The summed E-state index contributed by atoms with van der Waals surface area (Å²) in [5.74, 6) is 0.968. The van der Waals surface area contributed by atoms with Gasteiger partial charge >= 0.3 is 0 Å². The number of hydrogen-bond donors (Lipinski definition) is 3. The number of nitrogens with one attached hydrogen (secondary N) is 2. The molecule has 0 amide bonds. The van der Waals surface area contributed by atoms with Crippen LogP contribution in [-0.2, 0) is 0 Å². The van der Waals surface area contributed by atoms with Gasteiger partial charge in [0, 0.05) is 0 Å². The zero-order valence-corrected chi connectivity index (χ0v) is 10.7. The molecule has 94 valence electrons. The van der Waals surface area contributed by atoms with Gasteiger partial charge in [-0.05, 0) is 49.9 Å². The Morgan fingerprint density at radius 3 is 2.53 bits per heavy atom. The zero-order valence-electron chi connectivity index (χ0n) is 10.7. The van der Waals surface area contributed by atoms with Gasteiger partial charge in [-0.2, -0.15) is 0 Å². The van der Waals surface area contributed by atoms with E-state index in [1.165, 1.54) is 16.7 Å². The van der Waals surface area contributed by atoms with E-state index in [-0.39, 0.29) is 12.2 Å². The molecule has 1 aliphatic heterocycles. The van der Waals surface area contributed by atoms with E-state index in [9.17, 15) is 0 Å². The molecule has 1 heterocycles. The van der Waals surface area contributed by atoms with Gasteiger partial charge < -0.3 is 10.5 Å². The summed E-state index contributed by atoms with van der Waals surface area (Å²) in [6, 6.07) is 4.55. The lowest BCUT2D eigenvalue weighted by molar-refractivity contribution is 0.271. The number of nitrogens with two attached hydrogens (primary N) is 1. The van der Waals surface area contributed by atoms with Crippen molar-refractivity contribution in [1.29, 1.82) is 0 Å². The van der Waals surface area contributed by atoms with E-state index in [4.69, 9.17) is 10.5 Å². The van der Waals surface area contributed by atoms with E-state index >= 15 is 0 Å². The van der Waals surface area contributed by atoms with E-state index in [0.29, 0.717) is 6.61 Å². The third kappa shape index (κ3) is 2.97. The van der Waals surface area contributed by atoms with Gasteiger partial charge in [0.2, 0.25) is 0 Å². The highest BCUT2D eigenvalue weighted by Gasteiger charge is 2.21. The van der Waals surface area contributed by atoms with Crippen molar-refractivity contribution in [2.24, 2.45) is 5.73 Å². The van der Waals surface area contributed by atoms with Crippen molar-refractivity contribution in [3.63, 3.8) is 0 Å². The fourth-order valence-electron chi connectivity index (χ4n) is 2.04. The van der Waals surface area contributed by atoms with Crippen LogP contribution in [0.25, 0.3) is 0 Å². The minimum absolute atomic E-state index is 0.0319. The molecule has 17 heavy (non-hydrogen) atoms. The van der Waals surface area contributed by atoms with Crippen LogP contribution in [0.2, 0.25) is 0 Å². The van der Waals surface area contributed by atoms with Crippen LogP contribution >= 0.6 is 0 Å². The number of aryl methyl sites for hydroxylation is 3. The van der Waals surface area contributed by atoms with Crippen LogP contribution in [-0.4, -0.2) is 18.8 Å². The minimum atomic E-state index is 0.0319. The largest absolute Gasteiger partial charge is 0.492 e. The summed E-state index contributed by atoms with van der Waals surface area (Å²) in [4.78, 5) is 0. The van der Waals surface area contributed by atoms with Crippen molar-refractivity contribution in [1.82, 2.24) is 10.9 Å². The summed E-state index contributed by atoms with van der Waals surface area (Å²) in [7, 11) is 0. The molecule has 1 fully saturated rings. The van der Waals surface area contributed by atoms with Gasteiger partial charge in [-0.1, -0.05) is 6.07 Å². The van der Waals surface area contributed by atoms with Gasteiger partial charge in [-0.15, -0.1) is 0 Å². The Labute approximate surface area is 103 Å². The molecule has 0 saturated carbocycles. The first-order chi connectivity index (χ1) is 8.06. The Morgan fingerprint density at radius 1 is 1.18 bits per heavy atom. The highest BCUT2D eigenvalue weighted by atomic mass is 16.5. The third-order valence-corrected chi connectivity index (χ3v) is 3.24. The van der Waals surface area contributed by atoms with E-state index in [1.54, 1.807) is 0 Å². The Balaban J connectivity index is 1.97. The maximum Gasteiger partial charge on any atom is 0.122 e.